The van der Waals surface area contributed by atoms with Crippen molar-refractivity contribution in [2.75, 3.05) is 6.54 Å². The highest BCUT2D eigenvalue weighted by atomic mass is 32.1. The normalized spacial score (nSPS) is 10.3. The lowest BCUT2D eigenvalue weighted by molar-refractivity contribution is -0.385. The summed E-state index contributed by atoms with van der Waals surface area (Å²) in [6.45, 7) is 2.54. The third-order valence-corrected chi connectivity index (χ3v) is 2.19. The highest BCUT2D eigenvalue weighted by molar-refractivity contribution is 7.80. The van der Waals surface area contributed by atoms with Gasteiger partial charge in [0.1, 0.15) is 0 Å². The Morgan fingerprint density at radius 3 is 3.00 bits per heavy atom. The number of phenols is 1. The molecule has 0 spiro atoms. The minimum absolute atomic E-state index is 0.232. The average Bonchev–Trinajstić information content (AvgIpc) is 2.31. The predicted octanol–water partition coefficient (Wildman–Crippen LogP) is 1.12. The SMILES string of the molecule is CCNC(=S)NN=Cc1cccc([N+](=O)[O-])c1O. The monoisotopic (exact) mass is 268 g/mol. The summed E-state index contributed by atoms with van der Waals surface area (Å²) in [5.74, 6) is -0.428. The van der Waals surface area contributed by atoms with E-state index < -0.39 is 10.7 Å². The highest BCUT2D eigenvalue weighted by Crippen LogP contribution is 2.27. The zero-order chi connectivity index (χ0) is 13.5. The van der Waals surface area contributed by atoms with Crippen molar-refractivity contribution < 1.29 is 10.0 Å². The van der Waals surface area contributed by atoms with Crippen LogP contribution < -0.4 is 10.7 Å². The lowest BCUT2D eigenvalue weighted by atomic mass is 10.2. The number of nitrogens with zero attached hydrogens (tertiary/aromatic N) is 2. The number of aromatic hydroxyl groups is 1. The van der Waals surface area contributed by atoms with Gasteiger partial charge in [0.05, 0.1) is 11.1 Å². The van der Waals surface area contributed by atoms with E-state index >= 15 is 0 Å². The summed E-state index contributed by atoms with van der Waals surface area (Å²) in [5, 5.41) is 27.1. The quantitative estimate of drug-likeness (QED) is 0.327. The molecule has 0 atom stereocenters. The minimum atomic E-state index is -0.663. The van der Waals surface area contributed by atoms with Crippen molar-refractivity contribution in [1.29, 1.82) is 0 Å². The minimum Gasteiger partial charge on any atom is -0.502 e. The first-order valence-corrected chi connectivity index (χ1v) is 5.50. The number of nitro groups is 1. The van der Waals surface area contributed by atoms with Crippen LogP contribution in [0.3, 0.4) is 0 Å². The topological polar surface area (TPSA) is 99.8 Å². The Morgan fingerprint density at radius 2 is 2.39 bits per heavy atom. The van der Waals surface area contributed by atoms with Crippen molar-refractivity contribution in [3.8, 4) is 5.75 Å². The standard InChI is InChI=1S/C10H12N4O3S/c1-2-11-10(18)13-12-6-7-4-3-5-8(9(7)15)14(16)17/h3-6,15H,2H2,1H3,(H2,11,13,18). The number of para-hydroxylation sites is 1. The fourth-order valence-corrected chi connectivity index (χ4v) is 1.36. The first-order chi connectivity index (χ1) is 8.56. The van der Waals surface area contributed by atoms with Gasteiger partial charge in [-0.2, -0.15) is 5.10 Å². The van der Waals surface area contributed by atoms with Crippen LogP contribution in [0.2, 0.25) is 0 Å². The molecule has 0 aromatic heterocycles. The van der Waals surface area contributed by atoms with E-state index in [1.54, 1.807) is 0 Å². The van der Waals surface area contributed by atoms with Gasteiger partial charge in [-0.1, -0.05) is 6.07 Å². The molecule has 96 valence electrons. The molecule has 0 bridgehead atoms. The van der Waals surface area contributed by atoms with Gasteiger partial charge in [0, 0.05) is 18.2 Å². The third kappa shape index (κ3) is 3.67. The number of rotatable bonds is 4. The van der Waals surface area contributed by atoms with E-state index in [1.807, 2.05) is 6.92 Å². The van der Waals surface area contributed by atoms with Crippen LogP contribution in [0.5, 0.6) is 5.75 Å². The van der Waals surface area contributed by atoms with E-state index in [-0.39, 0.29) is 11.3 Å². The van der Waals surface area contributed by atoms with E-state index in [1.165, 1.54) is 24.4 Å². The molecule has 7 nitrogen and oxygen atoms in total. The Labute approximate surface area is 109 Å². The third-order valence-electron chi connectivity index (χ3n) is 1.95. The molecule has 0 saturated carbocycles. The first kappa shape index (κ1) is 13.8. The Morgan fingerprint density at radius 1 is 1.67 bits per heavy atom. The summed E-state index contributed by atoms with van der Waals surface area (Å²) in [6, 6.07) is 4.18. The Hall–Kier alpha value is -2.22. The van der Waals surface area contributed by atoms with Crippen molar-refractivity contribution in [3.63, 3.8) is 0 Å². The molecular weight excluding hydrogens is 256 g/mol. The lowest BCUT2D eigenvalue weighted by Gasteiger charge is -2.03. The molecule has 0 unspecified atom stereocenters. The van der Waals surface area contributed by atoms with Crippen LogP contribution in [0, 0.1) is 10.1 Å². The van der Waals surface area contributed by atoms with Crippen molar-refractivity contribution >= 4 is 29.2 Å². The van der Waals surface area contributed by atoms with Gasteiger partial charge in [0.15, 0.2) is 5.11 Å². The maximum absolute atomic E-state index is 10.6. The van der Waals surface area contributed by atoms with Crippen LogP contribution in [-0.4, -0.2) is 27.9 Å². The van der Waals surface area contributed by atoms with Crippen molar-refractivity contribution in [2.24, 2.45) is 5.10 Å². The van der Waals surface area contributed by atoms with Crippen LogP contribution in [0.15, 0.2) is 23.3 Å². The number of nitro benzene ring substituents is 1. The van der Waals surface area contributed by atoms with E-state index in [9.17, 15) is 15.2 Å². The van der Waals surface area contributed by atoms with Crippen LogP contribution in [0.25, 0.3) is 0 Å². The molecule has 0 heterocycles. The molecular formula is C10H12N4O3S. The molecule has 1 rings (SSSR count). The lowest BCUT2D eigenvalue weighted by Crippen LogP contribution is -2.31. The number of nitrogens with one attached hydrogen (secondary N) is 2. The fraction of sp³-hybridized carbons (Fsp3) is 0.200. The smallest absolute Gasteiger partial charge is 0.311 e. The van der Waals surface area contributed by atoms with E-state index in [0.717, 1.165) is 0 Å². The molecule has 0 saturated heterocycles. The van der Waals surface area contributed by atoms with Gasteiger partial charge in [-0.05, 0) is 25.2 Å². The highest BCUT2D eigenvalue weighted by Gasteiger charge is 2.14. The summed E-state index contributed by atoms with van der Waals surface area (Å²) in [6.07, 6.45) is 1.26. The second-order valence-corrected chi connectivity index (χ2v) is 3.61. The number of benzene rings is 1. The molecule has 0 aliphatic rings. The van der Waals surface area contributed by atoms with Crippen molar-refractivity contribution in [2.45, 2.75) is 6.92 Å². The van der Waals surface area contributed by atoms with Crippen molar-refractivity contribution in [3.05, 3.63) is 33.9 Å². The Balaban J connectivity index is 2.79. The molecule has 0 radical (unpaired) electrons. The molecule has 8 heteroatoms. The molecule has 18 heavy (non-hydrogen) atoms. The molecule has 1 aromatic carbocycles. The van der Waals surface area contributed by atoms with Crippen LogP contribution in [0.1, 0.15) is 12.5 Å². The second-order valence-electron chi connectivity index (χ2n) is 3.20. The van der Waals surface area contributed by atoms with Gasteiger partial charge in [0.25, 0.3) is 0 Å². The van der Waals surface area contributed by atoms with Gasteiger partial charge < -0.3 is 10.4 Å². The second kappa shape index (κ2) is 6.50. The number of thiocarbonyl (C=S) groups is 1. The Kier molecular flexibility index (Phi) is 5.00. The molecule has 0 amide bonds. The number of hydrogen-bond donors (Lipinski definition) is 3. The number of phenolic OH excluding ortho intramolecular Hbond substituents is 1. The summed E-state index contributed by atoms with van der Waals surface area (Å²) in [4.78, 5) is 9.93. The summed E-state index contributed by atoms with van der Waals surface area (Å²) in [5.41, 5.74) is 2.38. The van der Waals surface area contributed by atoms with E-state index in [4.69, 9.17) is 12.2 Å². The summed E-state index contributed by atoms with van der Waals surface area (Å²) < 4.78 is 0. The maximum atomic E-state index is 10.6. The Bertz CT molecular complexity index is 490. The molecule has 3 N–H and O–H groups in total. The summed E-state index contributed by atoms with van der Waals surface area (Å²) in [7, 11) is 0. The van der Waals surface area contributed by atoms with Gasteiger partial charge in [-0.3, -0.25) is 15.5 Å². The van der Waals surface area contributed by atoms with Gasteiger partial charge in [0.2, 0.25) is 5.75 Å². The number of hydrazone groups is 1. The molecule has 0 aliphatic carbocycles. The zero-order valence-electron chi connectivity index (χ0n) is 9.58. The first-order valence-electron chi connectivity index (χ1n) is 5.09. The van der Waals surface area contributed by atoms with Crippen LogP contribution in [-0.2, 0) is 0 Å². The summed E-state index contributed by atoms with van der Waals surface area (Å²) >= 11 is 4.86. The van der Waals surface area contributed by atoms with Crippen molar-refractivity contribution in [1.82, 2.24) is 10.7 Å². The van der Waals surface area contributed by atoms with Crippen LogP contribution in [0.4, 0.5) is 5.69 Å². The average molecular weight is 268 g/mol. The number of hydrogen-bond acceptors (Lipinski definition) is 5. The van der Waals surface area contributed by atoms with E-state index in [0.29, 0.717) is 11.7 Å². The van der Waals surface area contributed by atoms with Gasteiger partial charge in [-0.15, -0.1) is 0 Å². The predicted molar refractivity (Wildman–Crippen MR) is 71.8 cm³/mol. The van der Waals surface area contributed by atoms with Gasteiger partial charge >= 0.3 is 5.69 Å². The zero-order valence-corrected chi connectivity index (χ0v) is 10.4. The van der Waals surface area contributed by atoms with E-state index in [2.05, 4.69) is 15.8 Å². The van der Waals surface area contributed by atoms with Crippen LogP contribution >= 0.6 is 12.2 Å². The molecule has 1 aromatic rings. The maximum Gasteiger partial charge on any atom is 0.311 e. The molecule has 0 fully saturated rings. The molecule has 0 aliphatic heterocycles. The largest absolute Gasteiger partial charge is 0.502 e. The van der Waals surface area contributed by atoms with Gasteiger partial charge in [-0.25, -0.2) is 0 Å². The fourth-order valence-electron chi connectivity index (χ4n) is 1.16.